The van der Waals surface area contributed by atoms with Crippen LogP contribution in [0.3, 0.4) is 0 Å². The number of piperidine rings is 1. The lowest BCUT2D eigenvalue weighted by Gasteiger charge is -2.27. The summed E-state index contributed by atoms with van der Waals surface area (Å²) in [6.07, 6.45) is -1.14. The minimum atomic E-state index is -4.70. The number of likely N-dealkylation sites (N-methyl/N-ethyl adjacent to an activating group) is 1. The number of rotatable bonds is 4. The summed E-state index contributed by atoms with van der Waals surface area (Å²) in [5.74, 6) is -0.496. The average molecular weight is 403 g/mol. The minimum absolute atomic E-state index is 0.0321. The number of hydrogen-bond donors (Lipinski definition) is 2. The second-order valence-corrected chi connectivity index (χ2v) is 6.75. The molecule has 1 aliphatic rings. The molecule has 1 aromatic heterocycles. The van der Waals surface area contributed by atoms with Crippen LogP contribution >= 0.6 is 0 Å². The SMILES string of the molecule is CCN1CCCC(=CNc2cc(C(F)(F)F)c(-c3ccc(C#N)cc3O)nn2)C1. The summed E-state index contributed by atoms with van der Waals surface area (Å²) < 4.78 is 40.9. The number of likely N-dealkylation sites (tertiary alicyclic amines) is 1. The number of benzene rings is 1. The van der Waals surface area contributed by atoms with E-state index in [-0.39, 0.29) is 16.9 Å². The number of alkyl halides is 3. The van der Waals surface area contributed by atoms with E-state index in [4.69, 9.17) is 5.26 Å². The summed E-state index contributed by atoms with van der Waals surface area (Å²) in [6.45, 7) is 4.75. The van der Waals surface area contributed by atoms with Crippen LogP contribution in [0.4, 0.5) is 19.0 Å². The quantitative estimate of drug-likeness (QED) is 0.798. The summed E-state index contributed by atoms with van der Waals surface area (Å²) in [6, 6.07) is 6.32. The highest BCUT2D eigenvalue weighted by Crippen LogP contribution is 2.39. The monoisotopic (exact) mass is 403 g/mol. The highest BCUT2D eigenvalue weighted by atomic mass is 19.4. The first-order valence-corrected chi connectivity index (χ1v) is 9.17. The molecule has 0 saturated carbocycles. The van der Waals surface area contributed by atoms with E-state index in [0.29, 0.717) is 0 Å². The predicted octanol–water partition coefficient (Wildman–Crippen LogP) is 4.15. The molecule has 2 N–H and O–H groups in total. The molecular formula is C20H20F3N5O. The normalized spacial score (nSPS) is 16.6. The number of nitrogens with one attached hydrogen (secondary N) is 1. The van der Waals surface area contributed by atoms with Crippen molar-refractivity contribution in [3.63, 3.8) is 0 Å². The van der Waals surface area contributed by atoms with Gasteiger partial charge in [0.15, 0.2) is 5.82 Å². The molecule has 1 aliphatic heterocycles. The largest absolute Gasteiger partial charge is 0.507 e. The molecule has 1 aromatic carbocycles. The number of nitrogens with zero attached hydrogens (tertiary/aromatic N) is 4. The Balaban J connectivity index is 1.92. The molecule has 6 nitrogen and oxygen atoms in total. The van der Waals surface area contributed by atoms with Crippen molar-refractivity contribution < 1.29 is 18.3 Å². The van der Waals surface area contributed by atoms with Crippen molar-refractivity contribution in [2.24, 2.45) is 0 Å². The van der Waals surface area contributed by atoms with Crippen molar-refractivity contribution >= 4 is 5.82 Å². The Morgan fingerprint density at radius 2 is 2.10 bits per heavy atom. The van der Waals surface area contributed by atoms with Crippen LogP contribution in [0.1, 0.15) is 30.9 Å². The van der Waals surface area contributed by atoms with Crippen LogP contribution in [0.15, 0.2) is 36.0 Å². The maximum atomic E-state index is 13.6. The summed E-state index contributed by atoms with van der Waals surface area (Å²) in [7, 11) is 0. The zero-order valence-corrected chi connectivity index (χ0v) is 15.8. The van der Waals surface area contributed by atoms with Gasteiger partial charge in [-0.2, -0.15) is 18.4 Å². The van der Waals surface area contributed by atoms with E-state index in [9.17, 15) is 18.3 Å². The molecule has 1 saturated heterocycles. The number of aromatic nitrogens is 2. The predicted molar refractivity (Wildman–Crippen MR) is 102 cm³/mol. The summed E-state index contributed by atoms with van der Waals surface area (Å²) in [5, 5.41) is 29.3. The van der Waals surface area contributed by atoms with Crippen LogP contribution in [0.25, 0.3) is 11.3 Å². The van der Waals surface area contributed by atoms with E-state index in [1.165, 1.54) is 12.1 Å². The number of halogens is 3. The van der Waals surface area contributed by atoms with Gasteiger partial charge in [-0.15, -0.1) is 10.2 Å². The first-order chi connectivity index (χ1) is 13.8. The van der Waals surface area contributed by atoms with Gasteiger partial charge < -0.3 is 10.4 Å². The van der Waals surface area contributed by atoms with Crippen LogP contribution in [0, 0.1) is 11.3 Å². The lowest BCUT2D eigenvalue weighted by molar-refractivity contribution is -0.137. The van der Waals surface area contributed by atoms with Crippen LogP contribution in [-0.4, -0.2) is 39.8 Å². The first kappa shape index (κ1) is 20.6. The van der Waals surface area contributed by atoms with Crippen molar-refractivity contribution in [2.45, 2.75) is 25.9 Å². The van der Waals surface area contributed by atoms with Crippen molar-refractivity contribution in [2.75, 3.05) is 25.0 Å². The Kier molecular flexibility index (Phi) is 6.03. The molecule has 2 heterocycles. The first-order valence-electron chi connectivity index (χ1n) is 9.17. The molecule has 0 atom stereocenters. The van der Waals surface area contributed by atoms with Crippen molar-refractivity contribution in [1.29, 1.82) is 5.26 Å². The fourth-order valence-corrected chi connectivity index (χ4v) is 3.22. The summed E-state index contributed by atoms with van der Waals surface area (Å²) >= 11 is 0. The van der Waals surface area contributed by atoms with E-state index >= 15 is 0 Å². The van der Waals surface area contributed by atoms with Crippen LogP contribution in [0.2, 0.25) is 0 Å². The molecule has 29 heavy (non-hydrogen) atoms. The Morgan fingerprint density at radius 3 is 2.76 bits per heavy atom. The van der Waals surface area contributed by atoms with E-state index in [0.717, 1.165) is 50.2 Å². The standard InChI is InChI=1S/C20H20F3N5O/c1-2-28-7-3-4-14(12-28)11-25-18-9-16(20(21,22)23)19(27-26-18)15-6-5-13(10-24)8-17(15)29/h5-6,8-9,11,29H,2-4,7,12H2,1H3,(H,25,26). The number of nitriles is 1. The maximum absolute atomic E-state index is 13.6. The third kappa shape index (κ3) is 4.84. The third-order valence-electron chi connectivity index (χ3n) is 4.75. The lowest BCUT2D eigenvalue weighted by atomic mass is 10.0. The van der Waals surface area contributed by atoms with Crippen LogP contribution in [0.5, 0.6) is 5.75 Å². The zero-order valence-electron chi connectivity index (χ0n) is 15.8. The molecule has 152 valence electrons. The molecule has 0 radical (unpaired) electrons. The number of hydrogen-bond acceptors (Lipinski definition) is 6. The molecule has 0 amide bonds. The van der Waals surface area contributed by atoms with E-state index in [2.05, 4.69) is 27.3 Å². The van der Waals surface area contributed by atoms with Gasteiger partial charge in [-0.1, -0.05) is 6.92 Å². The number of phenolic OH excluding ortho intramolecular Hbond substituents is 1. The Morgan fingerprint density at radius 1 is 1.31 bits per heavy atom. The molecule has 0 spiro atoms. The fraction of sp³-hybridized carbons (Fsp3) is 0.350. The number of aromatic hydroxyl groups is 1. The molecule has 3 rings (SSSR count). The number of anilines is 1. The van der Waals surface area contributed by atoms with Gasteiger partial charge in [0.1, 0.15) is 11.4 Å². The smallest absolute Gasteiger partial charge is 0.418 e. The van der Waals surface area contributed by atoms with Gasteiger partial charge >= 0.3 is 6.18 Å². The topological polar surface area (TPSA) is 85.1 Å². The molecule has 9 heteroatoms. The minimum Gasteiger partial charge on any atom is -0.507 e. The second kappa shape index (κ2) is 8.49. The van der Waals surface area contributed by atoms with E-state index < -0.39 is 23.2 Å². The van der Waals surface area contributed by atoms with Gasteiger partial charge in [0.05, 0.1) is 17.2 Å². The van der Waals surface area contributed by atoms with Crippen molar-refractivity contribution in [3.8, 4) is 23.1 Å². The fourth-order valence-electron chi connectivity index (χ4n) is 3.22. The molecular weight excluding hydrogens is 383 g/mol. The van der Waals surface area contributed by atoms with E-state index in [1.54, 1.807) is 6.20 Å². The molecule has 0 aliphatic carbocycles. The van der Waals surface area contributed by atoms with Crippen molar-refractivity contribution in [3.05, 3.63) is 47.2 Å². The van der Waals surface area contributed by atoms with E-state index in [1.807, 2.05) is 6.07 Å². The Labute approximate surface area is 166 Å². The lowest BCUT2D eigenvalue weighted by Crippen LogP contribution is -2.31. The summed E-state index contributed by atoms with van der Waals surface area (Å²) in [5.41, 5.74) is -0.437. The molecule has 2 aromatic rings. The van der Waals surface area contributed by atoms with Crippen molar-refractivity contribution in [1.82, 2.24) is 15.1 Å². The second-order valence-electron chi connectivity index (χ2n) is 6.75. The molecule has 0 bridgehead atoms. The molecule has 0 unspecified atom stereocenters. The van der Waals surface area contributed by atoms with Crippen LogP contribution in [-0.2, 0) is 6.18 Å². The van der Waals surface area contributed by atoms with Gasteiger partial charge in [0, 0.05) is 18.3 Å². The Hall–Kier alpha value is -3.12. The van der Waals surface area contributed by atoms with Gasteiger partial charge in [0.2, 0.25) is 0 Å². The third-order valence-corrected chi connectivity index (χ3v) is 4.75. The molecule has 1 fully saturated rings. The van der Waals surface area contributed by atoms with Crippen LogP contribution < -0.4 is 5.32 Å². The Bertz CT molecular complexity index is 966. The van der Waals surface area contributed by atoms with Gasteiger partial charge in [0.25, 0.3) is 0 Å². The van der Waals surface area contributed by atoms with Gasteiger partial charge in [-0.3, -0.25) is 4.90 Å². The maximum Gasteiger partial charge on any atom is 0.418 e. The summed E-state index contributed by atoms with van der Waals surface area (Å²) in [4.78, 5) is 2.25. The average Bonchev–Trinajstić information content (AvgIpc) is 2.71. The van der Waals surface area contributed by atoms with Gasteiger partial charge in [-0.25, -0.2) is 0 Å². The zero-order chi connectivity index (χ0) is 21.0. The highest BCUT2D eigenvalue weighted by Gasteiger charge is 2.36. The highest BCUT2D eigenvalue weighted by molar-refractivity contribution is 5.72. The number of phenols is 1. The van der Waals surface area contributed by atoms with Gasteiger partial charge in [-0.05, 0) is 55.8 Å².